The highest BCUT2D eigenvalue weighted by atomic mass is 31.2. The third kappa shape index (κ3) is 5.35. The van der Waals surface area contributed by atoms with Gasteiger partial charge in [0.2, 0.25) is 5.75 Å². The van der Waals surface area contributed by atoms with Crippen LogP contribution in [0.15, 0.2) is 60.8 Å². The van der Waals surface area contributed by atoms with Crippen LogP contribution < -0.4 is 20.4 Å². The summed E-state index contributed by atoms with van der Waals surface area (Å²) in [5, 5.41) is 11.6. The number of fused-ring (bicyclic) bond motifs is 1. The molecule has 3 atom stereocenters. The molecule has 1 aliphatic rings. The van der Waals surface area contributed by atoms with Crippen molar-refractivity contribution in [1.82, 2.24) is 4.98 Å². The molecule has 0 saturated heterocycles. The first-order chi connectivity index (χ1) is 15.0. The van der Waals surface area contributed by atoms with Crippen molar-refractivity contribution in [3.05, 3.63) is 82.0 Å². The van der Waals surface area contributed by atoms with Crippen molar-refractivity contribution in [2.45, 2.75) is 18.7 Å². The number of hydrogen-bond acceptors (Lipinski definition) is 7. The summed E-state index contributed by atoms with van der Waals surface area (Å²) in [4.78, 5) is 15.3. The van der Waals surface area contributed by atoms with E-state index < -0.39 is 13.2 Å². The van der Waals surface area contributed by atoms with Crippen molar-refractivity contribution < 1.29 is 18.9 Å². The summed E-state index contributed by atoms with van der Waals surface area (Å²) in [6.07, 6.45) is 2.39. The van der Waals surface area contributed by atoms with Crippen LogP contribution in [0.2, 0.25) is 0 Å². The Morgan fingerprint density at radius 2 is 2.06 bits per heavy atom. The number of benzene rings is 2. The molecule has 0 bridgehead atoms. The first-order valence-electron chi connectivity index (χ1n) is 9.57. The molecule has 4 rings (SSSR count). The fraction of sp³-hybridized carbons (Fsp3) is 0.190. The van der Waals surface area contributed by atoms with E-state index in [-0.39, 0.29) is 17.5 Å². The van der Waals surface area contributed by atoms with Crippen LogP contribution in [-0.2, 0) is 10.7 Å². The van der Waals surface area contributed by atoms with Gasteiger partial charge in [-0.3, -0.25) is 20.6 Å². The zero-order valence-corrected chi connectivity index (χ0v) is 18.6. The maximum atomic E-state index is 11.6. The number of nitro groups is 1. The van der Waals surface area contributed by atoms with Gasteiger partial charge in [0.15, 0.2) is 0 Å². The predicted molar refractivity (Wildman–Crippen MR) is 122 cm³/mol. The molecule has 0 saturated carbocycles. The van der Waals surface area contributed by atoms with Crippen LogP contribution in [0.5, 0.6) is 17.2 Å². The van der Waals surface area contributed by atoms with Gasteiger partial charge in [0, 0.05) is 18.1 Å². The number of rotatable bonds is 7. The van der Waals surface area contributed by atoms with Crippen molar-refractivity contribution in [3.63, 3.8) is 0 Å². The lowest BCUT2D eigenvalue weighted by molar-refractivity contribution is -0.385. The maximum Gasteiger partial charge on any atom is 0.315 e. The van der Waals surface area contributed by atoms with E-state index >= 15 is 0 Å². The number of pyridine rings is 1. The van der Waals surface area contributed by atoms with Crippen LogP contribution in [0.1, 0.15) is 23.7 Å². The summed E-state index contributed by atoms with van der Waals surface area (Å²) in [7, 11) is 1.25. The van der Waals surface area contributed by atoms with Gasteiger partial charge in [0.25, 0.3) is 0 Å². The molecule has 0 amide bonds. The summed E-state index contributed by atoms with van der Waals surface area (Å²) in [5.74, 6) is 0.913. The van der Waals surface area contributed by atoms with Gasteiger partial charge in [-0.05, 0) is 23.8 Å². The Bertz CT molecular complexity index is 1070. The van der Waals surface area contributed by atoms with E-state index in [9.17, 15) is 10.1 Å². The van der Waals surface area contributed by atoms with Crippen LogP contribution in [0.4, 0.5) is 5.69 Å². The number of aromatic nitrogens is 1. The Labute approximate surface area is 183 Å². The zero-order chi connectivity index (χ0) is 21.8. The van der Waals surface area contributed by atoms with Gasteiger partial charge in [-0.1, -0.05) is 39.6 Å². The number of nitrogens with zero attached hydrogens (tertiary/aromatic N) is 2. The summed E-state index contributed by atoms with van der Waals surface area (Å²) in [6, 6.07) is 16.3. The molecule has 3 unspecified atom stereocenters. The Morgan fingerprint density at radius 1 is 1.26 bits per heavy atom. The van der Waals surface area contributed by atoms with Crippen molar-refractivity contribution in [2.75, 3.05) is 6.61 Å². The smallest absolute Gasteiger partial charge is 0.315 e. The second-order valence-electron chi connectivity index (χ2n) is 6.93. The zero-order valence-electron chi connectivity index (χ0n) is 16.5. The van der Waals surface area contributed by atoms with Gasteiger partial charge in [0.1, 0.15) is 19.8 Å². The molecule has 160 valence electrons. The fourth-order valence-corrected chi connectivity index (χ4v) is 4.61. The van der Waals surface area contributed by atoms with E-state index in [1.165, 1.54) is 12.3 Å². The maximum absolute atomic E-state index is 11.6. The average Bonchev–Trinajstić information content (AvgIpc) is 2.76. The number of ether oxygens (including phenoxy) is 2. The lowest BCUT2D eigenvalue weighted by atomic mass is 10.0. The second kappa shape index (κ2) is 9.67. The summed E-state index contributed by atoms with van der Waals surface area (Å²) >= 11 is 0. The molecule has 0 aliphatic carbocycles. The Morgan fingerprint density at radius 3 is 2.77 bits per heavy atom. The second-order valence-corrected chi connectivity index (χ2v) is 8.88. The number of nitrogens with two attached hydrogens (primary N) is 1. The van der Waals surface area contributed by atoms with E-state index in [4.69, 9.17) is 19.5 Å². The minimum Gasteiger partial charge on any atom is -0.493 e. The quantitative estimate of drug-likeness (QED) is 0.314. The highest BCUT2D eigenvalue weighted by Gasteiger charge is 2.30. The molecule has 0 fully saturated rings. The molecule has 10 heteroatoms. The van der Waals surface area contributed by atoms with Crippen molar-refractivity contribution in [2.24, 2.45) is 5.50 Å². The van der Waals surface area contributed by atoms with Crippen LogP contribution >= 0.6 is 17.5 Å². The Hall–Kier alpha value is -2.63. The normalized spacial score (nSPS) is 16.1. The Kier molecular flexibility index (Phi) is 6.73. The number of nitro benzene ring substituents is 1. The SMILES string of the molecule is NP(Cc1ccccc1)OC1CCOc2cc([N+](=O)[O-])c(Oc3ccc(P)nc3)cc21. The largest absolute Gasteiger partial charge is 0.493 e. The summed E-state index contributed by atoms with van der Waals surface area (Å²) in [6.45, 7) is 0.392. The van der Waals surface area contributed by atoms with E-state index in [1.807, 2.05) is 30.3 Å². The predicted octanol–water partition coefficient (Wildman–Crippen LogP) is 4.59. The molecule has 0 spiro atoms. The lowest BCUT2D eigenvalue weighted by Gasteiger charge is -2.28. The van der Waals surface area contributed by atoms with Crippen LogP contribution in [0.25, 0.3) is 0 Å². The van der Waals surface area contributed by atoms with Gasteiger partial charge in [-0.25, -0.2) is 0 Å². The molecular weight excluding hydrogens is 436 g/mol. The highest BCUT2D eigenvalue weighted by molar-refractivity contribution is 7.49. The lowest BCUT2D eigenvalue weighted by Crippen LogP contribution is -2.17. The van der Waals surface area contributed by atoms with Crippen molar-refractivity contribution in [1.29, 1.82) is 0 Å². The molecular formula is C21H21N3O5P2. The molecule has 31 heavy (non-hydrogen) atoms. The van der Waals surface area contributed by atoms with E-state index in [0.717, 1.165) is 11.0 Å². The van der Waals surface area contributed by atoms with Gasteiger partial charge in [-0.15, -0.1) is 0 Å². The third-order valence-electron chi connectivity index (χ3n) is 4.70. The molecule has 2 N–H and O–H groups in total. The molecule has 2 aromatic carbocycles. The van der Waals surface area contributed by atoms with Crippen LogP contribution in [-0.4, -0.2) is 16.5 Å². The monoisotopic (exact) mass is 457 g/mol. The topological polar surface area (TPSA) is 110 Å². The fourth-order valence-electron chi connectivity index (χ4n) is 3.25. The molecule has 1 aliphatic heterocycles. The third-order valence-corrected chi connectivity index (χ3v) is 6.25. The minimum absolute atomic E-state index is 0.102. The molecule has 3 aromatic rings. The summed E-state index contributed by atoms with van der Waals surface area (Å²) < 4.78 is 17.6. The molecule has 8 nitrogen and oxygen atoms in total. The van der Waals surface area contributed by atoms with Crippen LogP contribution in [0.3, 0.4) is 0 Å². The van der Waals surface area contributed by atoms with E-state index in [0.29, 0.717) is 36.3 Å². The first-order valence-corrected chi connectivity index (χ1v) is 11.7. The molecule has 0 radical (unpaired) electrons. The van der Waals surface area contributed by atoms with Gasteiger partial charge < -0.3 is 14.0 Å². The average molecular weight is 457 g/mol. The molecule has 1 aromatic heterocycles. The van der Waals surface area contributed by atoms with E-state index in [1.54, 1.807) is 18.2 Å². The Balaban J connectivity index is 1.60. The minimum atomic E-state index is -1.23. The van der Waals surface area contributed by atoms with Crippen LogP contribution in [0, 0.1) is 10.1 Å². The first kappa shape index (κ1) is 21.6. The van der Waals surface area contributed by atoms with Gasteiger partial charge >= 0.3 is 5.69 Å². The van der Waals surface area contributed by atoms with Gasteiger partial charge in [0.05, 0.1) is 35.3 Å². The molecule has 2 heterocycles. The number of hydrogen-bond donors (Lipinski definition) is 1. The van der Waals surface area contributed by atoms with E-state index in [2.05, 4.69) is 14.2 Å². The summed E-state index contributed by atoms with van der Waals surface area (Å²) in [5.41, 5.74) is 8.64. The standard InChI is InChI=1S/C21H21N3O5P2/c22-31(13-14-4-2-1-3-5-14)29-18-8-9-27-19-11-17(24(25)26)20(10-16(18)19)28-15-6-7-21(30)23-12-15/h1-7,10-12,18H,8-9,13,22,30H2. The van der Waals surface area contributed by atoms with Crippen molar-refractivity contribution in [3.8, 4) is 17.2 Å². The van der Waals surface area contributed by atoms with Gasteiger partial charge in [-0.2, -0.15) is 0 Å². The highest BCUT2D eigenvalue weighted by Crippen LogP contribution is 2.47. The van der Waals surface area contributed by atoms with Crippen molar-refractivity contribution >= 4 is 28.7 Å².